The van der Waals surface area contributed by atoms with Crippen molar-refractivity contribution in [2.75, 3.05) is 7.11 Å². The van der Waals surface area contributed by atoms with E-state index in [2.05, 4.69) is 130 Å². The first-order valence-electron chi connectivity index (χ1n) is 14.0. The average molecular weight is 525 g/mol. The number of rotatable bonds is 2. The Balaban J connectivity index is 0.000000261. The van der Waals surface area contributed by atoms with Crippen molar-refractivity contribution in [3.05, 3.63) is 135 Å². The highest BCUT2D eigenvalue weighted by atomic mass is 16.5. The summed E-state index contributed by atoms with van der Waals surface area (Å²) in [7, 11) is 1.68. The van der Waals surface area contributed by atoms with Crippen LogP contribution in [0.3, 0.4) is 0 Å². The maximum Gasteiger partial charge on any atom is 0.121 e. The molecule has 210 valence electrons. The molecule has 0 aliphatic heterocycles. The largest absolute Gasteiger partial charge is 0.496 e. The number of aryl methyl sites for hydroxylation is 8. The Morgan fingerprint density at radius 2 is 0.949 bits per heavy atom. The second-order valence-electron chi connectivity index (χ2n) is 11.6. The molecule has 0 amide bonds. The molecule has 0 aromatic heterocycles. The number of hydrogen-bond acceptors (Lipinski definition) is 1. The van der Waals surface area contributed by atoms with Crippen molar-refractivity contribution in [3.63, 3.8) is 0 Å². The molecule has 0 fully saturated rings. The van der Waals surface area contributed by atoms with Crippen LogP contribution in [0.5, 0.6) is 5.75 Å². The van der Waals surface area contributed by atoms with E-state index in [0.717, 1.165) is 12.2 Å². The van der Waals surface area contributed by atoms with E-state index in [4.69, 9.17) is 4.74 Å². The molecule has 0 bridgehead atoms. The zero-order valence-electron chi connectivity index (χ0n) is 26.7. The maximum atomic E-state index is 5.04. The summed E-state index contributed by atoms with van der Waals surface area (Å²) < 4.78 is 5.04. The molecule has 4 rings (SSSR count). The van der Waals surface area contributed by atoms with Gasteiger partial charge in [-0.3, -0.25) is 0 Å². The molecular weight excluding hydrogens is 472 g/mol. The van der Waals surface area contributed by atoms with Gasteiger partial charge in [0.1, 0.15) is 5.75 Å². The van der Waals surface area contributed by atoms with Gasteiger partial charge in [-0.2, -0.15) is 0 Å². The molecule has 39 heavy (non-hydrogen) atoms. The Bertz CT molecular complexity index is 1190. The molecule has 0 N–H and O–H groups in total. The van der Waals surface area contributed by atoms with Crippen LogP contribution in [0.2, 0.25) is 0 Å². The first kappa shape index (κ1) is 33.7. The third kappa shape index (κ3) is 13.9. The van der Waals surface area contributed by atoms with Gasteiger partial charge in [0.05, 0.1) is 7.11 Å². The number of ether oxygens (including phenoxy) is 1. The van der Waals surface area contributed by atoms with Gasteiger partial charge in [0.2, 0.25) is 0 Å². The smallest absolute Gasteiger partial charge is 0.121 e. The van der Waals surface area contributed by atoms with E-state index in [9.17, 15) is 0 Å². The fraction of sp³-hybridized carbons (Fsp3) is 0.368. The molecule has 0 spiro atoms. The van der Waals surface area contributed by atoms with Crippen molar-refractivity contribution >= 4 is 0 Å². The third-order valence-electron chi connectivity index (χ3n) is 6.29. The summed E-state index contributed by atoms with van der Waals surface area (Å²) in [5.74, 6) is 0.956. The molecule has 0 aliphatic carbocycles. The van der Waals surface area contributed by atoms with Gasteiger partial charge < -0.3 is 4.74 Å². The Hall–Kier alpha value is -3.32. The minimum absolute atomic E-state index is 0.285. The SMILES string of the molecule is CCc1cc(C)cc(C)c1.COc1ccccc1C.Cc1cc(C)cc(C)c1.Cc1ccc(C(C)(C)C)cc1. The molecule has 0 unspecified atom stereocenters. The summed E-state index contributed by atoms with van der Waals surface area (Å²) in [6, 6.07) is 29.9. The Kier molecular flexibility index (Phi) is 14.3. The van der Waals surface area contributed by atoms with Gasteiger partial charge >= 0.3 is 0 Å². The molecule has 0 atom stereocenters. The highest BCUT2D eigenvalue weighted by molar-refractivity contribution is 5.31. The van der Waals surface area contributed by atoms with Crippen molar-refractivity contribution in [1.29, 1.82) is 0 Å². The normalized spacial score (nSPS) is 10.2. The summed E-state index contributed by atoms with van der Waals surface area (Å²) in [4.78, 5) is 0. The summed E-state index contributed by atoms with van der Waals surface area (Å²) >= 11 is 0. The van der Waals surface area contributed by atoms with Crippen molar-refractivity contribution < 1.29 is 4.74 Å². The standard InChI is InChI=1S/C11H16.C10H14.C9H12.C8H10O/c1-9-5-7-10(8-6-9)11(2,3)4;1-4-10-6-8(2)5-9(3)7-10;1-7-4-8(2)6-9(3)5-7;1-7-5-3-4-6-8(7)9-2/h5-8H,1-4H3;5-7H,4H2,1-3H3;4-6H,1-3H3;3-6H,1-2H3. The first-order valence-corrected chi connectivity index (χ1v) is 14.0. The Morgan fingerprint density at radius 3 is 1.28 bits per heavy atom. The zero-order chi connectivity index (χ0) is 29.6. The predicted molar refractivity (Wildman–Crippen MR) is 174 cm³/mol. The minimum Gasteiger partial charge on any atom is -0.496 e. The molecule has 4 aromatic rings. The lowest BCUT2D eigenvalue weighted by atomic mass is 9.87. The lowest BCUT2D eigenvalue weighted by Crippen LogP contribution is -2.10. The summed E-state index contributed by atoms with van der Waals surface area (Å²) in [6.07, 6.45) is 1.14. The van der Waals surface area contributed by atoms with E-state index in [1.807, 2.05) is 31.2 Å². The molecule has 0 heterocycles. The fourth-order valence-corrected chi connectivity index (χ4v) is 4.31. The highest BCUT2D eigenvalue weighted by Crippen LogP contribution is 2.21. The van der Waals surface area contributed by atoms with Crippen LogP contribution >= 0.6 is 0 Å². The summed E-state index contributed by atoms with van der Waals surface area (Å²) in [6.45, 7) is 23.7. The molecule has 1 heteroatoms. The van der Waals surface area contributed by atoms with Crippen LogP contribution in [0.4, 0.5) is 0 Å². The Morgan fingerprint density at radius 1 is 0.538 bits per heavy atom. The van der Waals surface area contributed by atoms with Gasteiger partial charge in [0.15, 0.2) is 0 Å². The van der Waals surface area contributed by atoms with Gasteiger partial charge in [0.25, 0.3) is 0 Å². The monoisotopic (exact) mass is 524 g/mol. The lowest BCUT2D eigenvalue weighted by molar-refractivity contribution is 0.411. The van der Waals surface area contributed by atoms with Crippen LogP contribution in [0, 0.1) is 48.5 Å². The van der Waals surface area contributed by atoms with E-state index in [0.29, 0.717) is 0 Å². The quantitative estimate of drug-likeness (QED) is 0.253. The zero-order valence-corrected chi connectivity index (χ0v) is 26.7. The topological polar surface area (TPSA) is 9.23 Å². The summed E-state index contributed by atoms with van der Waals surface area (Å²) in [5, 5.41) is 0. The van der Waals surface area contributed by atoms with Gasteiger partial charge in [0, 0.05) is 0 Å². The molecule has 1 nitrogen and oxygen atoms in total. The van der Waals surface area contributed by atoms with E-state index in [1.165, 1.54) is 50.1 Å². The molecule has 0 saturated heterocycles. The second-order valence-corrected chi connectivity index (χ2v) is 11.6. The van der Waals surface area contributed by atoms with Crippen molar-refractivity contribution in [2.45, 2.75) is 88.0 Å². The van der Waals surface area contributed by atoms with Crippen LogP contribution in [0.15, 0.2) is 84.9 Å². The van der Waals surface area contributed by atoms with Gasteiger partial charge in [-0.1, -0.05) is 140 Å². The van der Waals surface area contributed by atoms with Crippen molar-refractivity contribution in [1.82, 2.24) is 0 Å². The van der Waals surface area contributed by atoms with E-state index >= 15 is 0 Å². The molecular formula is C38H52O. The van der Waals surface area contributed by atoms with Crippen LogP contribution in [-0.2, 0) is 11.8 Å². The number of benzene rings is 4. The fourth-order valence-electron chi connectivity index (χ4n) is 4.31. The molecule has 4 aromatic carbocycles. The number of para-hydroxylation sites is 1. The first-order chi connectivity index (χ1) is 18.2. The lowest BCUT2D eigenvalue weighted by Gasteiger charge is -2.18. The van der Waals surface area contributed by atoms with Gasteiger partial charge in [-0.05, 0) is 83.1 Å². The van der Waals surface area contributed by atoms with Crippen LogP contribution in [0.25, 0.3) is 0 Å². The van der Waals surface area contributed by atoms with E-state index in [-0.39, 0.29) is 5.41 Å². The van der Waals surface area contributed by atoms with Crippen molar-refractivity contribution in [3.8, 4) is 5.75 Å². The second kappa shape index (κ2) is 16.6. The van der Waals surface area contributed by atoms with E-state index < -0.39 is 0 Å². The van der Waals surface area contributed by atoms with Crippen LogP contribution < -0.4 is 4.74 Å². The maximum absolute atomic E-state index is 5.04. The molecule has 0 saturated carbocycles. The van der Waals surface area contributed by atoms with Gasteiger partial charge in [-0.25, -0.2) is 0 Å². The highest BCUT2D eigenvalue weighted by Gasteiger charge is 2.11. The van der Waals surface area contributed by atoms with E-state index in [1.54, 1.807) is 7.11 Å². The van der Waals surface area contributed by atoms with Crippen LogP contribution in [-0.4, -0.2) is 7.11 Å². The minimum atomic E-state index is 0.285. The van der Waals surface area contributed by atoms with Gasteiger partial charge in [-0.15, -0.1) is 0 Å². The van der Waals surface area contributed by atoms with Crippen molar-refractivity contribution in [2.24, 2.45) is 0 Å². The molecule has 0 radical (unpaired) electrons. The number of methoxy groups -OCH3 is 1. The van der Waals surface area contributed by atoms with Crippen LogP contribution in [0.1, 0.15) is 77.8 Å². The number of hydrogen-bond donors (Lipinski definition) is 0. The average Bonchev–Trinajstić information content (AvgIpc) is 2.84. The Labute approximate surface area is 240 Å². The predicted octanol–water partition coefficient (Wildman–Crippen LogP) is 10.8. The third-order valence-corrected chi connectivity index (χ3v) is 6.29. The summed E-state index contributed by atoms with van der Waals surface area (Å²) in [5.41, 5.74) is 12.5. The molecule has 0 aliphatic rings.